The van der Waals surface area contributed by atoms with Crippen LogP contribution in [0, 0.1) is 0 Å². The van der Waals surface area contributed by atoms with Crippen LogP contribution in [0.2, 0.25) is 0 Å². The number of alkyl carbamates (subject to hydrolysis) is 1. The van der Waals surface area contributed by atoms with Gasteiger partial charge >= 0.3 is 12.2 Å². The molecule has 2 aromatic rings. The summed E-state index contributed by atoms with van der Waals surface area (Å²) in [5.41, 5.74) is 0.625. The first-order valence-electron chi connectivity index (χ1n) is 9.03. The van der Waals surface area contributed by atoms with E-state index in [2.05, 4.69) is 10.6 Å². The van der Waals surface area contributed by atoms with Gasteiger partial charge in [0.1, 0.15) is 24.4 Å². The minimum absolute atomic E-state index is 0.107. The average Bonchev–Trinajstić information content (AvgIpc) is 3.11. The zero-order valence-corrected chi connectivity index (χ0v) is 17.4. The molecular weight excluding hydrogens is 396 g/mol. The second-order valence-electron chi connectivity index (χ2n) is 7.33. The molecule has 1 aromatic carbocycles. The SMILES string of the molecule is CC(C)(C)OC(=O)Nc1cc(C(O)C(O)CNC(=O)OCc2ccccc2)cs1. The summed E-state index contributed by atoms with van der Waals surface area (Å²) < 4.78 is 10.2. The van der Waals surface area contributed by atoms with E-state index in [1.165, 1.54) is 17.4 Å². The highest BCUT2D eigenvalue weighted by atomic mass is 32.1. The summed E-state index contributed by atoms with van der Waals surface area (Å²) in [4.78, 5) is 23.5. The molecule has 2 amide bonds. The van der Waals surface area contributed by atoms with Gasteiger partial charge in [0.05, 0.1) is 5.00 Å². The molecule has 0 saturated heterocycles. The van der Waals surface area contributed by atoms with Gasteiger partial charge in [0.25, 0.3) is 0 Å². The van der Waals surface area contributed by atoms with Gasteiger partial charge in [0.15, 0.2) is 0 Å². The average molecular weight is 423 g/mol. The molecule has 2 unspecified atom stereocenters. The van der Waals surface area contributed by atoms with E-state index in [1.54, 1.807) is 26.2 Å². The summed E-state index contributed by atoms with van der Waals surface area (Å²) in [6.45, 7) is 5.17. The lowest BCUT2D eigenvalue weighted by molar-refractivity contribution is 0.0186. The molecule has 0 bridgehead atoms. The predicted molar refractivity (Wildman–Crippen MR) is 110 cm³/mol. The molecule has 2 rings (SSSR count). The number of ether oxygens (including phenoxy) is 2. The first-order valence-corrected chi connectivity index (χ1v) is 9.91. The van der Waals surface area contributed by atoms with Crippen molar-refractivity contribution in [1.82, 2.24) is 5.32 Å². The molecule has 8 nitrogen and oxygen atoms in total. The Bertz CT molecular complexity index is 803. The number of benzene rings is 1. The molecule has 9 heteroatoms. The number of rotatable bonds is 7. The van der Waals surface area contributed by atoms with Crippen LogP contribution in [0.3, 0.4) is 0 Å². The first-order chi connectivity index (χ1) is 13.6. The maximum atomic E-state index is 11.8. The molecule has 1 aromatic heterocycles. The molecule has 1 heterocycles. The fourth-order valence-electron chi connectivity index (χ4n) is 2.27. The predicted octanol–water partition coefficient (Wildman–Crippen LogP) is 3.42. The van der Waals surface area contributed by atoms with E-state index in [4.69, 9.17) is 9.47 Å². The third-order valence-corrected chi connectivity index (χ3v) is 4.48. The van der Waals surface area contributed by atoms with Crippen molar-refractivity contribution in [2.45, 2.75) is 45.2 Å². The topological polar surface area (TPSA) is 117 Å². The lowest BCUT2D eigenvalue weighted by Gasteiger charge is -2.19. The Balaban J connectivity index is 1.78. The Morgan fingerprint density at radius 3 is 2.48 bits per heavy atom. The zero-order chi connectivity index (χ0) is 21.4. The molecule has 0 spiro atoms. The van der Waals surface area contributed by atoms with Crippen molar-refractivity contribution in [3.63, 3.8) is 0 Å². The monoisotopic (exact) mass is 422 g/mol. The van der Waals surface area contributed by atoms with Gasteiger partial charge in [0, 0.05) is 6.54 Å². The van der Waals surface area contributed by atoms with Crippen LogP contribution in [0.15, 0.2) is 41.8 Å². The number of hydrogen-bond acceptors (Lipinski definition) is 7. The van der Waals surface area contributed by atoms with Crippen molar-refractivity contribution in [1.29, 1.82) is 0 Å². The van der Waals surface area contributed by atoms with Crippen LogP contribution in [0.4, 0.5) is 14.6 Å². The summed E-state index contributed by atoms with van der Waals surface area (Å²) in [6.07, 6.45) is -3.79. The maximum absolute atomic E-state index is 11.8. The van der Waals surface area contributed by atoms with Crippen LogP contribution in [-0.2, 0) is 16.1 Å². The van der Waals surface area contributed by atoms with E-state index in [1.807, 2.05) is 30.3 Å². The number of thiophene rings is 1. The van der Waals surface area contributed by atoms with Crippen LogP contribution in [0.25, 0.3) is 0 Å². The maximum Gasteiger partial charge on any atom is 0.412 e. The van der Waals surface area contributed by atoms with Gasteiger partial charge in [-0.05, 0) is 43.3 Å². The number of aliphatic hydroxyl groups excluding tert-OH is 2. The largest absolute Gasteiger partial charge is 0.445 e. The fourth-order valence-corrected chi connectivity index (χ4v) is 3.09. The minimum Gasteiger partial charge on any atom is -0.445 e. The van der Waals surface area contributed by atoms with Crippen LogP contribution >= 0.6 is 11.3 Å². The second kappa shape index (κ2) is 10.2. The highest BCUT2D eigenvalue weighted by Gasteiger charge is 2.22. The number of amides is 2. The van der Waals surface area contributed by atoms with Crippen molar-refractivity contribution < 1.29 is 29.3 Å². The van der Waals surface area contributed by atoms with Crippen LogP contribution in [0.5, 0.6) is 0 Å². The van der Waals surface area contributed by atoms with Gasteiger partial charge in [-0.1, -0.05) is 30.3 Å². The van der Waals surface area contributed by atoms with E-state index in [-0.39, 0.29) is 13.2 Å². The molecular formula is C20H26N2O6S. The summed E-state index contributed by atoms with van der Waals surface area (Å²) in [6, 6.07) is 10.7. The molecule has 0 aliphatic rings. The van der Waals surface area contributed by atoms with Crippen LogP contribution < -0.4 is 10.6 Å². The zero-order valence-electron chi connectivity index (χ0n) is 16.5. The van der Waals surface area contributed by atoms with E-state index in [9.17, 15) is 19.8 Å². The van der Waals surface area contributed by atoms with Crippen molar-refractivity contribution in [2.24, 2.45) is 0 Å². The number of anilines is 1. The van der Waals surface area contributed by atoms with Crippen molar-refractivity contribution >= 4 is 28.5 Å². The molecule has 0 saturated carbocycles. The normalized spacial score (nSPS) is 13.3. The quantitative estimate of drug-likeness (QED) is 0.543. The third kappa shape index (κ3) is 8.10. The van der Waals surface area contributed by atoms with E-state index in [0.29, 0.717) is 10.6 Å². The summed E-state index contributed by atoms with van der Waals surface area (Å²) in [7, 11) is 0. The van der Waals surface area contributed by atoms with Crippen molar-refractivity contribution in [3.05, 3.63) is 52.9 Å². The number of carbonyl (C=O) groups excluding carboxylic acids is 2. The lowest BCUT2D eigenvalue weighted by atomic mass is 10.1. The van der Waals surface area contributed by atoms with Crippen molar-refractivity contribution in [2.75, 3.05) is 11.9 Å². The van der Waals surface area contributed by atoms with Gasteiger partial charge in [-0.15, -0.1) is 11.3 Å². The molecule has 2 atom stereocenters. The Labute approximate surface area is 173 Å². The Morgan fingerprint density at radius 2 is 1.83 bits per heavy atom. The highest BCUT2D eigenvalue weighted by molar-refractivity contribution is 7.14. The molecule has 0 aliphatic heterocycles. The van der Waals surface area contributed by atoms with E-state index in [0.717, 1.165) is 5.56 Å². The van der Waals surface area contributed by atoms with E-state index >= 15 is 0 Å². The van der Waals surface area contributed by atoms with E-state index < -0.39 is 30.0 Å². The fraction of sp³-hybridized carbons (Fsp3) is 0.400. The standard InChI is InChI=1S/C20H26N2O6S/c1-20(2,3)28-19(26)22-16-9-14(12-29-16)17(24)15(23)10-21-18(25)27-11-13-7-5-4-6-8-13/h4-9,12,15,17,23-24H,10-11H2,1-3H3,(H,21,25)(H,22,26). The van der Waals surface area contributed by atoms with Crippen molar-refractivity contribution in [3.8, 4) is 0 Å². The Kier molecular flexibility index (Phi) is 8.00. The third-order valence-electron chi connectivity index (χ3n) is 3.62. The van der Waals surface area contributed by atoms with Gasteiger partial charge in [-0.3, -0.25) is 5.32 Å². The molecule has 0 radical (unpaired) electrons. The molecule has 4 N–H and O–H groups in total. The van der Waals surface area contributed by atoms with Crippen LogP contribution in [0.1, 0.15) is 38.0 Å². The number of nitrogens with one attached hydrogen (secondary N) is 2. The number of carbonyl (C=O) groups is 2. The summed E-state index contributed by atoms with van der Waals surface area (Å²) in [5, 5.41) is 27.4. The summed E-state index contributed by atoms with van der Waals surface area (Å²) >= 11 is 1.18. The molecule has 0 fully saturated rings. The van der Waals surface area contributed by atoms with Crippen LogP contribution in [-0.4, -0.2) is 40.6 Å². The Morgan fingerprint density at radius 1 is 1.14 bits per heavy atom. The molecule has 0 aliphatic carbocycles. The lowest BCUT2D eigenvalue weighted by Crippen LogP contribution is -2.35. The van der Waals surface area contributed by atoms with Gasteiger partial charge < -0.3 is 25.0 Å². The second-order valence-corrected chi connectivity index (χ2v) is 8.24. The molecule has 158 valence electrons. The highest BCUT2D eigenvalue weighted by Crippen LogP contribution is 2.27. The Hall–Kier alpha value is -2.62. The first kappa shape index (κ1) is 22.7. The number of aliphatic hydroxyl groups is 2. The molecule has 29 heavy (non-hydrogen) atoms. The van der Waals surface area contributed by atoms with Gasteiger partial charge in [0.2, 0.25) is 0 Å². The summed E-state index contributed by atoms with van der Waals surface area (Å²) in [5.74, 6) is 0. The van der Waals surface area contributed by atoms with Gasteiger partial charge in [-0.2, -0.15) is 0 Å². The van der Waals surface area contributed by atoms with Gasteiger partial charge in [-0.25, -0.2) is 9.59 Å². The minimum atomic E-state index is -1.25. The smallest absolute Gasteiger partial charge is 0.412 e. The number of hydrogen-bond donors (Lipinski definition) is 4.